The average molecular weight is 290 g/mol. The molecule has 2 aromatic rings. The summed E-state index contributed by atoms with van der Waals surface area (Å²) < 4.78 is 28.0. The minimum absolute atomic E-state index is 0.136. The molecule has 1 aromatic carbocycles. The van der Waals surface area contributed by atoms with Crippen molar-refractivity contribution in [2.75, 3.05) is 7.11 Å². The number of hydrogen-bond donors (Lipinski definition) is 1. The van der Waals surface area contributed by atoms with Crippen LogP contribution in [0.3, 0.4) is 0 Å². The molecular weight excluding hydrogens is 282 g/mol. The highest BCUT2D eigenvalue weighted by Gasteiger charge is 2.17. The maximum absolute atomic E-state index is 11.5. The zero-order valence-corrected chi connectivity index (χ0v) is 10.2. The van der Waals surface area contributed by atoms with Crippen LogP contribution in [-0.2, 0) is 14.3 Å². The van der Waals surface area contributed by atoms with E-state index in [1.807, 2.05) is 0 Å². The minimum Gasteiger partial charge on any atom is -0.361 e. The lowest BCUT2D eigenvalue weighted by molar-refractivity contribution is 0.397. The van der Waals surface area contributed by atoms with E-state index in [1.54, 1.807) is 24.4 Å². The van der Waals surface area contributed by atoms with Crippen molar-refractivity contribution in [3.8, 4) is 0 Å². The number of hydrogen-bond acceptors (Lipinski definition) is 3. The van der Waals surface area contributed by atoms with E-state index in [4.69, 9.17) is 0 Å². The molecule has 2 rings (SSSR count). The Morgan fingerprint density at radius 1 is 1.40 bits per heavy atom. The first-order valence-electron chi connectivity index (χ1n) is 4.12. The predicted octanol–water partition coefficient (Wildman–Crippen LogP) is 2.27. The number of H-pyrrole nitrogens is 1. The third kappa shape index (κ3) is 1.80. The molecule has 0 radical (unpaired) electrons. The summed E-state index contributed by atoms with van der Waals surface area (Å²) >= 11 is 3.20. The van der Waals surface area contributed by atoms with Gasteiger partial charge in [0.25, 0.3) is 10.1 Å². The van der Waals surface area contributed by atoms with Gasteiger partial charge >= 0.3 is 0 Å². The summed E-state index contributed by atoms with van der Waals surface area (Å²) in [6.45, 7) is 0. The number of fused-ring (bicyclic) bond motifs is 1. The van der Waals surface area contributed by atoms with Gasteiger partial charge < -0.3 is 4.98 Å². The lowest BCUT2D eigenvalue weighted by Gasteiger charge is -2.04. The van der Waals surface area contributed by atoms with Crippen LogP contribution >= 0.6 is 15.9 Å². The lowest BCUT2D eigenvalue weighted by Crippen LogP contribution is -2.03. The lowest BCUT2D eigenvalue weighted by atomic mass is 10.2. The molecule has 6 heteroatoms. The van der Waals surface area contributed by atoms with Gasteiger partial charge in [0, 0.05) is 21.6 Å². The van der Waals surface area contributed by atoms with Gasteiger partial charge in [-0.1, -0.05) is 0 Å². The molecule has 15 heavy (non-hydrogen) atoms. The monoisotopic (exact) mass is 289 g/mol. The van der Waals surface area contributed by atoms with E-state index >= 15 is 0 Å². The van der Waals surface area contributed by atoms with Gasteiger partial charge in [-0.15, -0.1) is 0 Å². The highest BCUT2D eigenvalue weighted by Crippen LogP contribution is 2.28. The highest BCUT2D eigenvalue weighted by atomic mass is 79.9. The van der Waals surface area contributed by atoms with Gasteiger partial charge in [0.05, 0.1) is 7.11 Å². The topological polar surface area (TPSA) is 59.2 Å². The molecule has 0 bridgehead atoms. The van der Waals surface area contributed by atoms with E-state index in [1.165, 1.54) is 0 Å². The molecule has 80 valence electrons. The van der Waals surface area contributed by atoms with Gasteiger partial charge in [0.1, 0.15) is 4.90 Å². The van der Waals surface area contributed by atoms with Crippen LogP contribution in [0.5, 0.6) is 0 Å². The van der Waals surface area contributed by atoms with Gasteiger partial charge in [-0.3, -0.25) is 4.18 Å². The smallest absolute Gasteiger partial charge is 0.297 e. The van der Waals surface area contributed by atoms with Gasteiger partial charge in [0.2, 0.25) is 0 Å². The van der Waals surface area contributed by atoms with Crippen LogP contribution in [0.4, 0.5) is 0 Å². The first kappa shape index (κ1) is 10.7. The van der Waals surface area contributed by atoms with Gasteiger partial charge in [-0.25, -0.2) is 0 Å². The molecule has 1 aromatic heterocycles. The summed E-state index contributed by atoms with van der Waals surface area (Å²) in [5.74, 6) is 0. The molecule has 0 aliphatic carbocycles. The van der Waals surface area contributed by atoms with Crippen LogP contribution in [0, 0.1) is 0 Å². The molecule has 0 saturated carbocycles. The van der Waals surface area contributed by atoms with Crippen molar-refractivity contribution in [1.29, 1.82) is 0 Å². The van der Waals surface area contributed by atoms with Crippen molar-refractivity contribution < 1.29 is 12.6 Å². The normalized spacial score (nSPS) is 12.1. The Balaban J connectivity index is 2.76. The Bertz CT molecular complexity index is 603. The first-order chi connectivity index (χ1) is 7.04. The zero-order valence-electron chi connectivity index (χ0n) is 7.82. The molecule has 0 spiro atoms. The van der Waals surface area contributed by atoms with Crippen molar-refractivity contribution in [2.45, 2.75) is 4.90 Å². The van der Waals surface area contributed by atoms with Crippen molar-refractivity contribution in [3.05, 3.63) is 28.9 Å². The predicted molar refractivity (Wildman–Crippen MR) is 60.2 cm³/mol. The van der Waals surface area contributed by atoms with E-state index in [0.717, 1.165) is 18.0 Å². The second-order valence-electron chi connectivity index (χ2n) is 2.97. The third-order valence-corrected chi connectivity index (χ3v) is 4.33. The molecule has 0 fully saturated rings. The van der Waals surface area contributed by atoms with Crippen LogP contribution in [0.1, 0.15) is 0 Å². The Morgan fingerprint density at radius 2 is 2.13 bits per heavy atom. The Morgan fingerprint density at radius 3 is 2.80 bits per heavy atom. The molecule has 0 amide bonds. The van der Waals surface area contributed by atoms with Crippen molar-refractivity contribution in [2.24, 2.45) is 0 Å². The Hall–Kier alpha value is -0.850. The summed E-state index contributed by atoms with van der Waals surface area (Å²) in [6.07, 6.45) is 1.75. The maximum atomic E-state index is 11.5. The minimum atomic E-state index is -3.66. The summed E-state index contributed by atoms with van der Waals surface area (Å²) in [5.41, 5.74) is 0.872. The number of nitrogens with one attached hydrogen (secondary N) is 1. The van der Waals surface area contributed by atoms with E-state index in [0.29, 0.717) is 4.47 Å². The largest absolute Gasteiger partial charge is 0.361 e. The first-order valence-corrected chi connectivity index (χ1v) is 6.32. The number of benzene rings is 1. The highest BCUT2D eigenvalue weighted by molar-refractivity contribution is 9.10. The van der Waals surface area contributed by atoms with E-state index in [2.05, 4.69) is 25.1 Å². The number of aromatic nitrogens is 1. The molecule has 1 heterocycles. The SMILES string of the molecule is COS(=O)(=O)c1cc2cc[nH]c2cc1Br. The quantitative estimate of drug-likeness (QED) is 0.863. The Kier molecular flexibility index (Phi) is 2.57. The summed E-state index contributed by atoms with van der Waals surface area (Å²) in [5, 5.41) is 0.828. The molecule has 0 aliphatic heterocycles. The standard InChI is InChI=1S/C9H8BrNO3S/c1-14-15(12,13)9-4-6-2-3-11-8(6)5-7(9)10/h2-5,11H,1H3. The van der Waals surface area contributed by atoms with Gasteiger partial charge in [-0.2, -0.15) is 8.42 Å². The van der Waals surface area contributed by atoms with E-state index in [-0.39, 0.29) is 4.90 Å². The summed E-state index contributed by atoms with van der Waals surface area (Å²) in [6, 6.07) is 5.08. The van der Waals surface area contributed by atoms with Crippen LogP contribution in [0.2, 0.25) is 0 Å². The summed E-state index contributed by atoms with van der Waals surface area (Å²) in [7, 11) is -2.52. The van der Waals surface area contributed by atoms with E-state index in [9.17, 15) is 8.42 Å². The molecule has 0 unspecified atom stereocenters. The molecule has 4 nitrogen and oxygen atoms in total. The van der Waals surface area contributed by atoms with Crippen LogP contribution in [0.15, 0.2) is 33.8 Å². The van der Waals surface area contributed by atoms with Gasteiger partial charge in [0.15, 0.2) is 0 Å². The fraction of sp³-hybridized carbons (Fsp3) is 0.111. The molecule has 0 aliphatic rings. The van der Waals surface area contributed by atoms with Crippen LogP contribution < -0.4 is 0 Å². The van der Waals surface area contributed by atoms with Crippen LogP contribution in [-0.4, -0.2) is 20.5 Å². The summed E-state index contributed by atoms with van der Waals surface area (Å²) in [4.78, 5) is 3.13. The van der Waals surface area contributed by atoms with Crippen LogP contribution in [0.25, 0.3) is 10.9 Å². The third-order valence-electron chi connectivity index (χ3n) is 2.09. The average Bonchev–Trinajstić information content (AvgIpc) is 2.63. The fourth-order valence-corrected chi connectivity index (χ4v) is 3.02. The number of halogens is 1. The number of aromatic amines is 1. The van der Waals surface area contributed by atoms with Crippen molar-refractivity contribution in [1.82, 2.24) is 4.98 Å². The second kappa shape index (κ2) is 3.62. The van der Waals surface area contributed by atoms with Crippen molar-refractivity contribution in [3.63, 3.8) is 0 Å². The number of rotatable bonds is 2. The fourth-order valence-electron chi connectivity index (χ4n) is 1.33. The Labute approximate surface area is 95.5 Å². The van der Waals surface area contributed by atoms with Gasteiger partial charge in [-0.05, 0) is 34.1 Å². The zero-order chi connectivity index (χ0) is 11.1. The molecule has 0 saturated heterocycles. The molecule has 0 atom stereocenters. The molecular formula is C9H8BrNO3S. The van der Waals surface area contributed by atoms with E-state index < -0.39 is 10.1 Å². The maximum Gasteiger partial charge on any atom is 0.297 e. The molecule has 1 N–H and O–H groups in total. The van der Waals surface area contributed by atoms with Crippen molar-refractivity contribution >= 4 is 37.0 Å². The second-order valence-corrected chi connectivity index (χ2v) is 5.50.